The van der Waals surface area contributed by atoms with Crippen LogP contribution < -0.4 is 5.73 Å². The van der Waals surface area contributed by atoms with Crippen LogP contribution in [0.4, 0.5) is 0 Å². The van der Waals surface area contributed by atoms with Crippen LogP contribution >= 0.6 is 0 Å². The number of benzene rings is 1. The van der Waals surface area contributed by atoms with Crippen LogP contribution in [-0.2, 0) is 4.74 Å². The van der Waals surface area contributed by atoms with Gasteiger partial charge in [0.05, 0.1) is 12.7 Å². The van der Waals surface area contributed by atoms with Gasteiger partial charge in [-0.15, -0.1) is 0 Å². The van der Waals surface area contributed by atoms with Gasteiger partial charge in [-0.2, -0.15) is 0 Å². The van der Waals surface area contributed by atoms with Crippen molar-refractivity contribution in [3.63, 3.8) is 0 Å². The third-order valence-corrected chi connectivity index (χ3v) is 3.20. The maximum Gasteiger partial charge on any atom is 0.0856 e. The molecule has 0 amide bonds. The molecule has 1 aliphatic carbocycles. The predicted molar refractivity (Wildman–Crippen MR) is 66.4 cm³/mol. The lowest BCUT2D eigenvalue weighted by atomic mass is 9.98. The zero-order valence-corrected chi connectivity index (χ0v) is 10.2. The standard InChI is InChI=1S/C14H21NO/c1-10-3-6-13(11(2)9-10)14(12-4-5-12)16-8-7-15/h3,6,9,12,14H,4-5,7-8,15H2,1-2H3. The molecule has 2 nitrogen and oxygen atoms in total. The molecule has 0 bridgehead atoms. The predicted octanol–water partition coefficient (Wildman–Crippen LogP) is 2.73. The van der Waals surface area contributed by atoms with Gasteiger partial charge in [-0.3, -0.25) is 0 Å². The minimum atomic E-state index is 0.268. The van der Waals surface area contributed by atoms with E-state index in [0.717, 1.165) is 0 Å². The molecule has 0 spiro atoms. The van der Waals surface area contributed by atoms with Crippen LogP contribution in [0.15, 0.2) is 18.2 Å². The van der Waals surface area contributed by atoms with Gasteiger partial charge in [-0.05, 0) is 43.7 Å². The van der Waals surface area contributed by atoms with E-state index in [-0.39, 0.29) is 6.10 Å². The highest BCUT2D eigenvalue weighted by molar-refractivity contribution is 5.33. The van der Waals surface area contributed by atoms with Crippen LogP contribution in [0.2, 0.25) is 0 Å². The molecule has 1 aromatic carbocycles. The quantitative estimate of drug-likeness (QED) is 0.826. The highest BCUT2D eigenvalue weighted by Gasteiger charge is 2.33. The van der Waals surface area contributed by atoms with Crippen molar-refractivity contribution < 1.29 is 4.74 Å². The van der Waals surface area contributed by atoms with Gasteiger partial charge in [0.2, 0.25) is 0 Å². The van der Waals surface area contributed by atoms with Gasteiger partial charge >= 0.3 is 0 Å². The average Bonchev–Trinajstić information content (AvgIpc) is 3.05. The molecule has 88 valence electrons. The van der Waals surface area contributed by atoms with Crippen LogP contribution in [0.5, 0.6) is 0 Å². The van der Waals surface area contributed by atoms with Crippen LogP contribution in [0.1, 0.15) is 35.6 Å². The van der Waals surface area contributed by atoms with E-state index in [1.807, 2.05) is 0 Å². The van der Waals surface area contributed by atoms with Crippen molar-refractivity contribution in [2.45, 2.75) is 32.8 Å². The van der Waals surface area contributed by atoms with E-state index in [1.54, 1.807) is 0 Å². The second kappa shape index (κ2) is 4.98. The van der Waals surface area contributed by atoms with E-state index >= 15 is 0 Å². The van der Waals surface area contributed by atoms with Crippen LogP contribution in [0.3, 0.4) is 0 Å². The normalized spacial score (nSPS) is 17.4. The van der Waals surface area contributed by atoms with Gasteiger partial charge in [0.25, 0.3) is 0 Å². The Morgan fingerprint density at radius 1 is 1.38 bits per heavy atom. The number of hydrogen-bond acceptors (Lipinski definition) is 2. The van der Waals surface area contributed by atoms with E-state index < -0.39 is 0 Å². The van der Waals surface area contributed by atoms with Crippen molar-refractivity contribution in [1.82, 2.24) is 0 Å². The number of rotatable bonds is 5. The molecule has 16 heavy (non-hydrogen) atoms. The summed E-state index contributed by atoms with van der Waals surface area (Å²) in [5, 5.41) is 0. The summed E-state index contributed by atoms with van der Waals surface area (Å²) < 4.78 is 5.90. The van der Waals surface area contributed by atoms with Gasteiger partial charge in [-0.1, -0.05) is 23.8 Å². The van der Waals surface area contributed by atoms with Crippen molar-refractivity contribution in [1.29, 1.82) is 0 Å². The minimum absolute atomic E-state index is 0.268. The van der Waals surface area contributed by atoms with E-state index in [0.29, 0.717) is 19.1 Å². The molecule has 0 saturated heterocycles. The van der Waals surface area contributed by atoms with Crippen molar-refractivity contribution >= 4 is 0 Å². The third kappa shape index (κ3) is 2.63. The largest absolute Gasteiger partial charge is 0.372 e. The Labute approximate surface area is 97.8 Å². The SMILES string of the molecule is Cc1ccc(C(OCCN)C2CC2)c(C)c1. The lowest BCUT2D eigenvalue weighted by molar-refractivity contribution is 0.0420. The molecular weight excluding hydrogens is 198 g/mol. The lowest BCUT2D eigenvalue weighted by Gasteiger charge is -2.20. The van der Waals surface area contributed by atoms with E-state index in [2.05, 4.69) is 32.0 Å². The van der Waals surface area contributed by atoms with Gasteiger partial charge in [0.1, 0.15) is 0 Å². The van der Waals surface area contributed by atoms with Gasteiger partial charge < -0.3 is 10.5 Å². The van der Waals surface area contributed by atoms with Crippen molar-refractivity contribution in [3.8, 4) is 0 Å². The first-order valence-electron chi connectivity index (χ1n) is 6.11. The summed E-state index contributed by atoms with van der Waals surface area (Å²) in [7, 11) is 0. The molecule has 1 unspecified atom stereocenters. The fraction of sp³-hybridized carbons (Fsp3) is 0.571. The fourth-order valence-electron chi connectivity index (χ4n) is 2.22. The Morgan fingerprint density at radius 3 is 2.69 bits per heavy atom. The minimum Gasteiger partial charge on any atom is -0.372 e. The summed E-state index contributed by atoms with van der Waals surface area (Å²) in [6.07, 6.45) is 2.86. The topological polar surface area (TPSA) is 35.2 Å². The maximum atomic E-state index is 5.90. The molecule has 0 aromatic heterocycles. The first-order valence-corrected chi connectivity index (χ1v) is 6.11. The van der Waals surface area contributed by atoms with Crippen molar-refractivity contribution in [2.24, 2.45) is 11.7 Å². The third-order valence-electron chi connectivity index (χ3n) is 3.20. The molecule has 1 atom stereocenters. The van der Waals surface area contributed by atoms with Crippen LogP contribution in [0, 0.1) is 19.8 Å². The van der Waals surface area contributed by atoms with E-state index in [4.69, 9.17) is 10.5 Å². The Balaban J connectivity index is 2.17. The number of hydrogen-bond donors (Lipinski definition) is 1. The Bertz CT molecular complexity index is 358. The van der Waals surface area contributed by atoms with Crippen molar-refractivity contribution in [3.05, 3.63) is 34.9 Å². The maximum absolute atomic E-state index is 5.90. The lowest BCUT2D eigenvalue weighted by Crippen LogP contribution is -2.15. The number of nitrogens with two attached hydrogens (primary N) is 1. The summed E-state index contributed by atoms with van der Waals surface area (Å²) in [4.78, 5) is 0. The summed E-state index contributed by atoms with van der Waals surface area (Å²) in [6.45, 7) is 5.57. The molecule has 0 radical (unpaired) electrons. The average molecular weight is 219 g/mol. The molecule has 0 aliphatic heterocycles. The summed E-state index contributed by atoms with van der Waals surface area (Å²) in [5.74, 6) is 0.716. The molecule has 1 fully saturated rings. The Kier molecular flexibility index (Phi) is 3.62. The van der Waals surface area contributed by atoms with Crippen molar-refractivity contribution in [2.75, 3.05) is 13.2 Å². The molecule has 1 saturated carbocycles. The van der Waals surface area contributed by atoms with Gasteiger partial charge in [0, 0.05) is 6.54 Å². The highest BCUT2D eigenvalue weighted by Crippen LogP contribution is 2.44. The summed E-state index contributed by atoms with van der Waals surface area (Å²) >= 11 is 0. The molecule has 2 N–H and O–H groups in total. The monoisotopic (exact) mass is 219 g/mol. The molecular formula is C14H21NO. The smallest absolute Gasteiger partial charge is 0.0856 e. The Hall–Kier alpha value is -0.860. The van der Waals surface area contributed by atoms with Gasteiger partial charge in [-0.25, -0.2) is 0 Å². The second-order valence-corrected chi connectivity index (χ2v) is 4.78. The van der Waals surface area contributed by atoms with Gasteiger partial charge in [0.15, 0.2) is 0 Å². The van der Waals surface area contributed by atoms with Crippen LogP contribution in [-0.4, -0.2) is 13.2 Å². The molecule has 2 heteroatoms. The fourth-order valence-corrected chi connectivity index (χ4v) is 2.22. The summed E-state index contributed by atoms with van der Waals surface area (Å²) in [5.41, 5.74) is 9.52. The van der Waals surface area contributed by atoms with E-state index in [1.165, 1.54) is 29.5 Å². The van der Waals surface area contributed by atoms with E-state index in [9.17, 15) is 0 Å². The second-order valence-electron chi connectivity index (χ2n) is 4.78. The first-order chi connectivity index (χ1) is 7.72. The number of ether oxygens (including phenoxy) is 1. The molecule has 0 heterocycles. The number of aryl methyl sites for hydroxylation is 2. The molecule has 1 aliphatic rings. The first kappa shape index (κ1) is 11.6. The molecule has 1 aromatic rings. The van der Waals surface area contributed by atoms with Crippen LogP contribution in [0.25, 0.3) is 0 Å². The molecule has 2 rings (SSSR count). The highest BCUT2D eigenvalue weighted by atomic mass is 16.5. The zero-order chi connectivity index (χ0) is 11.5. The zero-order valence-electron chi connectivity index (χ0n) is 10.2. The Morgan fingerprint density at radius 2 is 2.12 bits per heavy atom. The summed E-state index contributed by atoms with van der Waals surface area (Å²) in [6, 6.07) is 6.62.